The van der Waals surface area contributed by atoms with Gasteiger partial charge >= 0.3 is 0 Å². The quantitative estimate of drug-likeness (QED) is 0.829. The number of nitrogens with zero attached hydrogens (tertiary/aromatic N) is 2. The maximum absolute atomic E-state index is 12.6. The van der Waals surface area contributed by atoms with Crippen LogP contribution in [0.15, 0.2) is 18.2 Å². The molecule has 0 radical (unpaired) electrons. The van der Waals surface area contributed by atoms with Gasteiger partial charge in [0.2, 0.25) is 0 Å². The average molecular weight is 289 g/mol. The number of nitrogen functional groups attached to an aromatic ring is 1. The summed E-state index contributed by atoms with van der Waals surface area (Å²) in [6, 6.07) is 6.05. The van der Waals surface area contributed by atoms with Gasteiger partial charge in [0.1, 0.15) is 0 Å². The van der Waals surface area contributed by atoms with Crippen LogP contribution in [0.4, 0.5) is 5.69 Å². The van der Waals surface area contributed by atoms with Crippen molar-refractivity contribution in [1.29, 1.82) is 0 Å². The number of aryl methyl sites for hydroxylation is 1. The van der Waals surface area contributed by atoms with Crippen LogP contribution >= 0.6 is 0 Å². The standard InChI is InChI=1S/C16H23N3O2/c1-12-2-3-13(10-15(12)17)16(20)19-5-4-14(11-19)18-6-8-21-9-7-18/h2-3,10,14H,4-9,11,17H2,1H3. The Bertz CT molecular complexity index is 526. The summed E-state index contributed by atoms with van der Waals surface area (Å²) in [5.41, 5.74) is 8.30. The number of benzene rings is 1. The maximum Gasteiger partial charge on any atom is 0.253 e. The minimum atomic E-state index is 0.0949. The Labute approximate surface area is 125 Å². The van der Waals surface area contributed by atoms with Crippen LogP contribution in [-0.4, -0.2) is 61.1 Å². The number of hydrogen-bond acceptors (Lipinski definition) is 4. The molecule has 5 heteroatoms. The fourth-order valence-corrected chi connectivity index (χ4v) is 3.12. The highest BCUT2D eigenvalue weighted by Gasteiger charge is 2.31. The van der Waals surface area contributed by atoms with E-state index < -0.39 is 0 Å². The molecule has 1 aromatic carbocycles. The zero-order valence-electron chi connectivity index (χ0n) is 12.5. The van der Waals surface area contributed by atoms with E-state index in [1.807, 2.05) is 24.0 Å². The second kappa shape index (κ2) is 6.03. The lowest BCUT2D eigenvalue weighted by molar-refractivity contribution is 0.0185. The molecule has 3 rings (SSSR count). The maximum atomic E-state index is 12.6. The van der Waals surface area contributed by atoms with Crippen LogP contribution < -0.4 is 5.73 Å². The Balaban J connectivity index is 1.64. The third-order valence-corrected chi connectivity index (χ3v) is 4.54. The van der Waals surface area contributed by atoms with Gasteiger partial charge in [-0.05, 0) is 31.0 Å². The molecule has 2 aliphatic heterocycles. The molecule has 1 atom stereocenters. The SMILES string of the molecule is Cc1ccc(C(=O)N2CCC(N3CCOCC3)C2)cc1N. The smallest absolute Gasteiger partial charge is 0.253 e. The van der Waals surface area contributed by atoms with E-state index in [1.54, 1.807) is 6.07 Å². The van der Waals surface area contributed by atoms with E-state index >= 15 is 0 Å². The Morgan fingerprint density at radius 2 is 2.05 bits per heavy atom. The highest BCUT2D eigenvalue weighted by molar-refractivity contribution is 5.95. The van der Waals surface area contributed by atoms with Gasteiger partial charge in [-0.1, -0.05) is 6.07 Å². The number of likely N-dealkylation sites (tertiary alicyclic amines) is 1. The van der Waals surface area contributed by atoms with Crippen molar-refractivity contribution < 1.29 is 9.53 Å². The molecule has 21 heavy (non-hydrogen) atoms. The molecular formula is C16H23N3O2. The molecule has 1 unspecified atom stereocenters. The molecule has 2 saturated heterocycles. The number of ether oxygens (including phenoxy) is 1. The van der Waals surface area contributed by atoms with Crippen molar-refractivity contribution in [2.24, 2.45) is 0 Å². The van der Waals surface area contributed by atoms with Gasteiger partial charge in [0.25, 0.3) is 5.91 Å². The number of anilines is 1. The van der Waals surface area contributed by atoms with Gasteiger partial charge in [0.15, 0.2) is 0 Å². The molecule has 0 saturated carbocycles. The lowest BCUT2D eigenvalue weighted by Gasteiger charge is -2.32. The van der Waals surface area contributed by atoms with E-state index in [9.17, 15) is 4.79 Å². The minimum Gasteiger partial charge on any atom is -0.398 e. The molecule has 0 aromatic heterocycles. The predicted octanol–water partition coefficient (Wildman–Crippen LogP) is 1.12. The highest BCUT2D eigenvalue weighted by Crippen LogP contribution is 2.21. The topological polar surface area (TPSA) is 58.8 Å². The summed E-state index contributed by atoms with van der Waals surface area (Å²) in [4.78, 5) is 17.0. The first kappa shape index (κ1) is 14.4. The van der Waals surface area contributed by atoms with Gasteiger partial charge in [-0.15, -0.1) is 0 Å². The van der Waals surface area contributed by atoms with Gasteiger partial charge in [0.05, 0.1) is 13.2 Å². The second-order valence-electron chi connectivity index (χ2n) is 5.91. The van der Waals surface area contributed by atoms with Gasteiger partial charge in [-0.2, -0.15) is 0 Å². The summed E-state index contributed by atoms with van der Waals surface area (Å²) in [6.45, 7) is 7.15. The third-order valence-electron chi connectivity index (χ3n) is 4.54. The van der Waals surface area contributed by atoms with Gasteiger partial charge in [-0.3, -0.25) is 9.69 Å². The summed E-state index contributed by atoms with van der Waals surface area (Å²) in [5.74, 6) is 0.0949. The summed E-state index contributed by atoms with van der Waals surface area (Å²) < 4.78 is 5.39. The zero-order chi connectivity index (χ0) is 14.8. The lowest BCUT2D eigenvalue weighted by atomic mass is 10.1. The van der Waals surface area contributed by atoms with E-state index in [2.05, 4.69) is 4.90 Å². The number of amides is 1. The molecule has 1 amide bonds. The Hall–Kier alpha value is -1.59. The van der Waals surface area contributed by atoms with Crippen molar-refractivity contribution in [2.45, 2.75) is 19.4 Å². The zero-order valence-corrected chi connectivity index (χ0v) is 12.5. The Kier molecular flexibility index (Phi) is 4.12. The van der Waals surface area contributed by atoms with Crippen LogP contribution in [0, 0.1) is 6.92 Å². The molecule has 2 fully saturated rings. The molecule has 2 N–H and O–H groups in total. The van der Waals surface area contributed by atoms with Crippen LogP contribution in [-0.2, 0) is 4.74 Å². The molecule has 2 heterocycles. The monoisotopic (exact) mass is 289 g/mol. The van der Waals surface area contributed by atoms with Crippen molar-refractivity contribution in [1.82, 2.24) is 9.80 Å². The van der Waals surface area contributed by atoms with Crippen molar-refractivity contribution >= 4 is 11.6 Å². The van der Waals surface area contributed by atoms with Crippen molar-refractivity contribution in [3.63, 3.8) is 0 Å². The molecule has 0 aliphatic carbocycles. The molecule has 2 aliphatic rings. The van der Waals surface area contributed by atoms with Crippen LogP contribution in [0.1, 0.15) is 22.3 Å². The van der Waals surface area contributed by atoms with Crippen LogP contribution in [0.25, 0.3) is 0 Å². The minimum absolute atomic E-state index is 0.0949. The Morgan fingerprint density at radius 1 is 1.29 bits per heavy atom. The summed E-state index contributed by atoms with van der Waals surface area (Å²) >= 11 is 0. The van der Waals surface area contributed by atoms with E-state index in [0.717, 1.165) is 51.4 Å². The van der Waals surface area contributed by atoms with E-state index in [1.165, 1.54) is 0 Å². The number of carbonyl (C=O) groups excluding carboxylic acids is 1. The molecular weight excluding hydrogens is 266 g/mol. The summed E-state index contributed by atoms with van der Waals surface area (Å²) in [7, 11) is 0. The van der Waals surface area contributed by atoms with Gasteiger partial charge in [0, 0.05) is 43.5 Å². The van der Waals surface area contributed by atoms with Crippen molar-refractivity contribution in [2.75, 3.05) is 45.1 Å². The lowest BCUT2D eigenvalue weighted by Crippen LogP contribution is -2.45. The fourth-order valence-electron chi connectivity index (χ4n) is 3.12. The number of hydrogen-bond donors (Lipinski definition) is 1. The summed E-state index contributed by atoms with van der Waals surface area (Å²) in [5, 5.41) is 0. The molecule has 0 bridgehead atoms. The molecule has 114 valence electrons. The fraction of sp³-hybridized carbons (Fsp3) is 0.562. The predicted molar refractivity (Wildman–Crippen MR) is 82.3 cm³/mol. The van der Waals surface area contributed by atoms with Crippen LogP contribution in [0.3, 0.4) is 0 Å². The largest absolute Gasteiger partial charge is 0.398 e. The highest BCUT2D eigenvalue weighted by atomic mass is 16.5. The van der Waals surface area contributed by atoms with Crippen LogP contribution in [0.2, 0.25) is 0 Å². The van der Waals surface area contributed by atoms with E-state index in [0.29, 0.717) is 17.3 Å². The first-order valence-corrected chi connectivity index (χ1v) is 7.62. The van der Waals surface area contributed by atoms with Gasteiger partial charge < -0.3 is 15.4 Å². The molecule has 1 aromatic rings. The normalized spacial score (nSPS) is 23.5. The second-order valence-corrected chi connectivity index (χ2v) is 5.91. The number of rotatable bonds is 2. The number of carbonyl (C=O) groups is 1. The molecule has 5 nitrogen and oxygen atoms in total. The first-order chi connectivity index (χ1) is 10.1. The number of morpholine rings is 1. The Morgan fingerprint density at radius 3 is 2.76 bits per heavy atom. The first-order valence-electron chi connectivity index (χ1n) is 7.62. The van der Waals surface area contributed by atoms with Crippen molar-refractivity contribution in [3.8, 4) is 0 Å². The summed E-state index contributed by atoms with van der Waals surface area (Å²) in [6.07, 6.45) is 1.05. The van der Waals surface area contributed by atoms with Crippen LogP contribution in [0.5, 0.6) is 0 Å². The molecule has 0 spiro atoms. The van der Waals surface area contributed by atoms with Gasteiger partial charge in [-0.25, -0.2) is 0 Å². The third kappa shape index (κ3) is 3.04. The van der Waals surface area contributed by atoms with Crippen molar-refractivity contribution in [3.05, 3.63) is 29.3 Å². The number of nitrogens with two attached hydrogens (primary N) is 1. The average Bonchev–Trinajstić information content (AvgIpc) is 3.00. The van der Waals surface area contributed by atoms with E-state index in [-0.39, 0.29) is 5.91 Å². The van der Waals surface area contributed by atoms with E-state index in [4.69, 9.17) is 10.5 Å².